The molecule has 0 spiro atoms. The zero-order valence-corrected chi connectivity index (χ0v) is 11.0. The summed E-state index contributed by atoms with van der Waals surface area (Å²) < 4.78 is 34.6. The molecule has 1 aliphatic rings. The van der Waals surface area contributed by atoms with E-state index < -0.39 is 6.29 Å². The summed E-state index contributed by atoms with van der Waals surface area (Å²) >= 11 is 0. The van der Waals surface area contributed by atoms with Gasteiger partial charge in [-0.1, -0.05) is 6.07 Å². The minimum atomic E-state index is -3.64. The highest BCUT2D eigenvalue weighted by molar-refractivity contribution is 5.69. The molecule has 21 heavy (non-hydrogen) atoms. The lowest BCUT2D eigenvalue weighted by Gasteiger charge is -2.09. The first-order valence-electron chi connectivity index (χ1n) is 6.14. The Balaban J connectivity index is 1.89. The predicted octanol–water partition coefficient (Wildman–Crippen LogP) is 3.93. The maximum atomic E-state index is 13.0. The molecular weight excluding hydrogens is 278 g/mol. The average molecular weight is 288 g/mol. The summed E-state index contributed by atoms with van der Waals surface area (Å²) in [5.41, 5.74) is 2.55. The fourth-order valence-electron chi connectivity index (χ4n) is 2.04. The van der Waals surface area contributed by atoms with Gasteiger partial charge in [0.25, 0.3) is 0 Å². The maximum Gasteiger partial charge on any atom is 0.586 e. The van der Waals surface area contributed by atoms with Crippen molar-refractivity contribution in [1.82, 2.24) is 0 Å². The molecule has 0 fully saturated rings. The van der Waals surface area contributed by atoms with E-state index in [1.807, 2.05) is 13.0 Å². The van der Waals surface area contributed by atoms with E-state index in [2.05, 4.69) is 20.9 Å². The van der Waals surface area contributed by atoms with Crippen molar-refractivity contribution < 1.29 is 18.3 Å². The topological polar surface area (TPSA) is 54.3 Å². The van der Waals surface area contributed by atoms with Gasteiger partial charge < -0.3 is 14.8 Å². The van der Waals surface area contributed by atoms with E-state index in [1.54, 1.807) is 18.2 Å². The van der Waals surface area contributed by atoms with Gasteiger partial charge in [-0.2, -0.15) is 5.26 Å². The monoisotopic (exact) mass is 288 g/mol. The van der Waals surface area contributed by atoms with Crippen molar-refractivity contribution in [3.05, 3.63) is 47.5 Å². The number of alkyl halides is 2. The maximum absolute atomic E-state index is 13.0. The zero-order valence-electron chi connectivity index (χ0n) is 11.0. The predicted molar refractivity (Wildman–Crippen MR) is 71.8 cm³/mol. The first kappa shape index (κ1) is 13.2. The minimum Gasteiger partial charge on any atom is -0.395 e. The molecule has 0 aromatic heterocycles. The Bertz CT molecular complexity index is 754. The van der Waals surface area contributed by atoms with Crippen LogP contribution in [0.15, 0.2) is 36.4 Å². The molecule has 1 aliphatic heterocycles. The SMILES string of the molecule is Cc1ccc(Nc2ccc3c(c2)OC(F)(F)O3)c(C#N)c1. The van der Waals surface area contributed by atoms with Gasteiger partial charge in [0.15, 0.2) is 11.5 Å². The number of fused-ring (bicyclic) bond motifs is 1. The largest absolute Gasteiger partial charge is 0.586 e. The number of ether oxygens (including phenoxy) is 2. The number of hydrogen-bond acceptors (Lipinski definition) is 4. The van der Waals surface area contributed by atoms with Crippen LogP contribution in [0.5, 0.6) is 11.5 Å². The number of anilines is 2. The number of rotatable bonds is 2. The summed E-state index contributed by atoms with van der Waals surface area (Å²) in [7, 11) is 0. The Morgan fingerprint density at radius 2 is 1.86 bits per heavy atom. The standard InChI is InChI=1S/C15H10F2N2O2/c1-9-2-4-12(10(6-9)8-18)19-11-3-5-13-14(7-11)21-15(16,17)20-13/h2-7,19H,1H3. The fraction of sp³-hybridized carbons (Fsp3) is 0.133. The third-order valence-electron chi connectivity index (χ3n) is 2.98. The lowest BCUT2D eigenvalue weighted by molar-refractivity contribution is -0.286. The van der Waals surface area contributed by atoms with E-state index in [-0.39, 0.29) is 11.5 Å². The normalized spacial score (nSPS) is 14.6. The third kappa shape index (κ3) is 2.58. The molecule has 0 unspecified atom stereocenters. The van der Waals surface area contributed by atoms with Crippen molar-refractivity contribution in [2.24, 2.45) is 0 Å². The van der Waals surface area contributed by atoms with Gasteiger partial charge in [0, 0.05) is 11.8 Å². The highest BCUT2D eigenvalue weighted by Gasteiger charge is 2.43. The van der Waals surface area contributed by atoms with Gasteiger partial charge >= 0.3 is 6.29 Å². The van der Waals surface area contributed by atoms with Crippen molar-refractivity contribution >= 4 is 11.4 Å². The molecule has 4 nitrogen and oxygen atoms in total. The summed E-state index contributed by atoms with van der Waals surface area (Å²) in [6, 6.07) is 11.8. The van der Waals surface area contributed by atoms with E-state index >= 15 is 0 Å². The number of nitriles is 1. The van der Waals surface area contributed by atoms with Crippen molar-refractivity contribution in [3.8, 4) is 17.6 Å². The van der Waals surface area contributed by atoms with E-state index in [0.717, 1.165) is 5.56 Å². The first-order chi connectivity index (χ1) is 9.97. The molecule has 1 heterocycles. The van der Waals surface area contributed by atoms with Gasteiger partial charge in [-0.25, -0.2) is 0 Å². The van der Waals surface area contributed by atoms with E-state index in [1.165, 1.54) is 12.1 Å². The van der Waals surface area contributed by atoms with Gasteiger partial charge in [-0.05, 0) is 36.8 Å². The summed E-state index contributed by atoms with van der Waals surface area (Å²) in [6.45, 7) is 1.88. The molecule has 1 N–H and O–H groups in total. The van der Waals surface area contributed by atoms with Crippen LogP contribution in [0, 0.1) is 18.3 Å². The molecule has 6 heteroatoms. The van der Waals surface area contributed by atoms with Gasteiger partial charge in [-0.3, -0.25) is 0 Å². The molecule has 0 saturated heterocycles. The fourth-order valence-corrected chi connectivity index (χ4v) is 2.04. The number of aryl methyl sites for hydroxylation is 1. The van der Waals surface area contributed by atoms with Crippen LogP contribution in [0.3, 0.4) is 0 Å². The molecular formula is C15H10F2N2O2. The number of hydrogen-bond donors (Lipinski definition) is 1. The molecule has 2 aromatic carbocycles. The Hall–Kier alpha value is -2.81. The Labute approximate surface area is 119 Å². The number of halogens is 2. The van der Waals surface area contributed by atoms with E-state index in [4.69, 9.17) is 5.26 Å². The molecule has 0 saturated carbocycles. The smallest absolute Gasteiger partial charge is 0.395 e. The molecule has 3 rings (SSSR count). The first-order valence-corrected chi connectivity index (χ1v) is 6.14. The highest BCUT2D eigenvalue weighted by Crippen LogP contribution is 2.42. The second-order valence-corrected chi connectivity index (χ2v) is 4.61. The second kappa shape index (κ2) is 4.63. The Kier molecular flexibility index (Phi) is 2.91. The number of nitrogens with one attached hydrogen (secondary N) is 1. The molecule has 2 aromatic rings. The van der Waals surface area contributed by atoms with Crippen LogP contribution in [0.1, 0.15) is 11.1 Å². The summed E-state index contributed by atoms with van der Waals surface area (Å²) in [4.78, 5) is 0. The average Bonchev–Trinajstić information content (AvgIpc) is 2.74. The van der Waals surface area contributed by atoms with Crippen LogP contribution in [0.25, 0.3) is 0 Å². The second-order valence-electron chi connectivity index (χ2n) is 4.61. The molecule has 0 atom stereocenters. The zero-order chi connectivity index (χ0) is 15.0. The van der Waals surface area contributed by atoms with E-state index in [0.29, 0.717) is 16.9 Å². The van der Waals surface area contributed by atoms with Crippen LogP contribution in [-0.2, 0) is 0 Å². The van der Waals surface area contributed by atoms with Crippen molar-refractivity contribution in [3.63, 3.8) is 0 Å². The summed E-state index contributed by atoms with van der Waals surface area (Å²) in [6.07, 6.45) is -3.64. The summed E-state index contributed by atoms with van der Waals surface area (Å²) in [5, 5.41) is 12.1. The third-order valence-corrected chi connectivity index (χ3v) is 2.98. The van der Waals surface area contributed by atoms with E-state index in [9.17, 15) is 8.78 Å². The lowest BCUT2D eigenvalue weighted by Crippen LogP contribution is -2.25. The van der Waals surface area contributed by atoms with Crippen LogP contribution < -0.4 is 14.8 Å². The van der Waals surface area contributed by atoms with Gasteiger partial charge in [0.2, 0.25) is 0 Å². The Morgan fingerprint density at radius 3 is 2.62 bits per heavy atom. The molecule has 0 amide bonds. The molecule has 0 aliphatic carbocycles. The number of benzene rings is 2. The molecule has 106 valence electrons. The van der Waals surface area contributed by atoms with Crippen LogP contribution in [0.2, 0.25) is 0 Å². The Morgan fingerprint density at radius 1 is 1.10 bits per heavy atom. The minimum absolute atomic E-state index is 0.0186. The van der Waals surface area contributed by atoms with Gasteiger partial charge in [0.05, 0.1) is 11.3 Å². The van der Waals surface area contributed by atoms with Crippen molar-refractivity contribution in [2.45, 2.75) is 13.2 Å². The lowest BCUT2D eigenvalue weighted by atomic mass is 10.1. The molecule has 0 radical (unpaired) electrons. The van der Waals surface area contributed by atoms with Crippen molar-refractivity contribution in [1.29, 1.82) is 5.26 Å². The number of nitrogens with zero attached hydrogens (tertiary/aromatic N) is 1. The quantitative estimate of drug-likeness (QED) is 0.909. The van der Waals surface area contributed by atoms with Crippen LogP contribution >= 0.6 is 0 Å². The van der Waals surface area contributed by atoms with Gasteiger partial charge in [-0.15, -0.1) is 8.78 Å². The van der Waals surface area contributed by atoms with Crippen molar-refractivity contribution in [2.75, 3.05) is 5.32 Å². The molecule has 0 bridgehead atoms. The van der Waals surface area contributed by atoms with Crippen LogP contribution in [0.4, 0.5) is 20.2 Å². The summed E-state index contributed by atoms with van der Waals surface area (Å²) in [5.74, 6) is -0.0643. The highest BCUT2D eigenvalue weighted by atomic mass is 19.3. The van der Waals surface area contributed by atoms with Gasteiger partial charge in [0.1, 0.15) is 6.07 Å². The van der Waals surface area contributed by atoms with Crippen LogP contribution in [-0.4, -0.2) is 6.29 Å².